The SMILES string of the molecule is NCCc1ccccc1C1N=C(N)c2ccccc2N1. The Kier molecular flexibility index (Phi) is 3.39. The summed E-state index contributed by atoms with van der Waals surface area (Å²) < 4.78 is 0. The molecule has 1 heterocycles. The molecule has 1 aliphatic rings. The lowest BCUT2D eigenvalue weighted by Gasteiger charge is -2.25. The number of benzene rings is 2. The summed E-state index contributed by atoms with van der Waals surface area (Å²) in [6, 6.07) is 16.2. The molecular formula is C16H18N4. The number of nitrogens with two attached hydrogens (primary N) is 2. The molecule has 0 saturated heterocycles. The van der Waals surface area contributed by atoms with E-state index in [1.54, 1.807) is 0 Å². The lowest BCUT2D eigenvalue weighted by atomic mass is 10.0. The largest absolute Gasteiger partial charge is 0.383 e. The topological polar surface area (TPSA) is 76.4 Å². The van der Waals surface area contributed by atoms with Gasteiger partial charge in [0.25, 0.3) is 0 Å². The van der Waals surface area contributed by atoms with Crippen LogP contribution in [0.3, 0.4) is 0 Å². The molecule has 2 aromatic rings. The van der Waals surface area contributed by atoms with E-state index in [9.17, 15) is 0 Å². The molecule has 1 atom stereocenters. The molecule has 102 valence electrons. The van der Waals surface area contributed by atoms with Gasteiger partial charge in [0.15, 0.2) is 0 Å². The molecule has 0 amide bonds. The van der Waals surface area contributed by atoms with Gasteiger partial charge in [0.1, 0.15) is 12.0 Å². The average Bonchev–Trinajstić information content (AvgIpc) is 2.48. The predicted octanol–water partition coefficient (Wildman–Crippen LogP) is 2.02. The van der Waals surface area contributed by atoms with Crippen LogP contribution in [-0.4, -0.2) is 12.4 Å². The van der Waals surface area contributed by atoms with E-state index in [1.165, 1.54) is 5.56 Å². The number of hydrogen-bond donors (Lipinski definition) is 3. The quantitative estimate of drug-likeness (QED) is 0.795. The summed E-state index contributed by atoms with van der Waals surface area (Å²) >= 11 is 0. The third-order valence-corrected chi connectivity index (χ3v) is 3.53. The minimum absolute atomic E-state index is 0.146. The second kappa shape index (κ2) is 5.35. The highest BCUT2D eigenvalue weighted by Crippen LogP contribution is 2.30. The van der Waals surface area contributed by atoms with Crippen molar-refractivity contribution >= 4 is 11.5 Å². The second-order valence-electron chi connectivity index (χ2n) is 4.84. The lowest BCUT2D eigenvalue weighted by Crippen LogP contribution is -2.25. The number of hydrogen-bond acceptors (Lipinski definition) is 4. The van der Waals surface area contributed by atoms with Gasteiger partial charge in [0, 0.05) is 11.3 Å². The van der Waals surface area contributed by atoms with E-state index in [1.807, 2.05) is 36.4 Å². The third-order valence-electron chi connectivity index (χ3n) is 3.53. The highest BCUT2D eigenvalue weighted by molar-refractivity contribution is 6.03. The highest BCUT2D eigenvalue weighted by atomic mass is 15.1. The molecule has 4 heteroatoms. The van der Waals surface area contributed by atoms with Gasteiger partial charge >= 0.3 is 0 Å². The molecule has 0 bridgehead atoms. The van der Waals surface area contributed by atoms with E-state index in [0.29, 0.717) is 12.4 Å². The maximum Gasteiger partial charge on any atom is 0.147 e. The Labute approximate surface area is 118 Å². The van der Waals surface area contributed by atoms with Crippen LogP contribution in [0.25, 0.3) is 0 Å². The van der Waals surface area contributed by atoms with Crippen LogP contribution in [0, 0.1) is 0 Å². The molecule has 2 aromatic carbocycles. The minimum atomic E-state index is -0.146. The van der Waals surface area contributed by atoms with Crippen molar-refractivity contribution in [2.24, 2.45) is 16.5 Å². The van der Waals surface area contributed by atoms with Crippen LogP contribution in [0.15, 0.2) is 53.5 Å². The van der Waals surface area contributed by atoms with Crippen molar-refractivity contribution in [1.29, 1.82) is 0 Å². The summed E-state index contributed by atoms with van der Waals surface area (Å²) in [5.41, 5.74) is 16.1. The molecular weight excluding hydrogens is 248 g/mol. The molecule has 20 heavy (non-hydrogen) atoms. The van der Waals surface area contributed by atoms with Crippen LogP contribution in [0.5, 0.6) is 0 Å². The first-order chi connectivity index (χ1) is 9.79. The fourth-order valence-corrected chi connectivity index (χ4v) is 2.55. The number of anilines is 1. The predicted molar refractivity (Wildman–Crippen MR) is 82.7 cm³/mol. The normalized spacial score (nSPS) is 17.1. The van der Waals surface area contributed by atoms with Crippen LogP contribution < -0.4 is 16.8 Å². The van der Waals surface area contributed by atoms with Crippen molar-refractivity contribution in [2.75, 3.05) is 11.9 Å². The summed E-state index contributed by atoms with van der Waals surface area (Å²) in [5.74, 6) is 0.576. The number of nitrogens with zero attached hydrogens (tertiary/aromatic N) is 1. The van der Waals surface area contributed by atoms with Crippen molar-refractivity contribution in [3.63, 3.8) is 0 Å². The van der Waals surface area contributed by atoms with Crippen molar-refractivity contribution in [3.8, 4) is 0 Å². The number of para-hydroxylation sites is 1. The van der Waals surface area contributed by atoms with Gasteiger partial charge in [-0.25, -0.2) is 4.99 Å². The first-order valence-electron chi connectivity index (χ1n) is 6.76. The summed E-state index contributed by atoms with van der Waals surface area (Å²) in [7, 11) is 0. The van der Waals surface area contributed by atoms with E-state index in [4.69, 9.17) is 11.5 Å². The highest BCUT2D eigenvalue weighted by Gasteiger charge is 2.20. The summed E-state index contributed by atoms with van der Waals surface area (Å²) in [5, 5.41) is 3.43. The number of rotatable bonds is 3. The van der Waals surface area contributed by atoms with Gasteiger partial charge in [0.05, 0.1) is 0 Å². The van der Waals surface area contributed by atoms with Crippen LogP contribution >= 0.6 is 0 Å². The molecule has 0 aromatic heterocycles. The summed E-state index contributed by atoms with van der Waals surface area (Å²) in [6.45, 7) is 0.625. The molecule has 3 rings (SSSR count). The standard InChI is InChI=1S/C16H18N4/c17-10-9-11-5-1-2-6-12(11)16-19-14-8-4-3-7-13(14)15(18)20-16/h1-8,16,19H,9-10,17H2,(H2,18,20). The molecule has 1 aliphatic heterocycles. The fourth-order valence-electron chi connectivity index (χ4n) is 2.55. The number of amidine groups is 1. The van der Waals surface area contributed by atoms with Gasteiger partial charge in [0.2, 0.25) is 0 Å². The fraction of sp³-hybridized carbons (Fsp3) is 0.188. The first kappa shape index (κ1) is 12.7. The molecule has 5 N–H and O–H groups in total. The zero-order valence-corrected chi connectivity index (χ0v) is 11.2. The van der Waals surface area contributed by atoms with Crippen molar-refractivity contribution < 1.29 is 0 Å². The first-order valence-corrected chi connectivity index (χ1v) is 6.76. The Bertz CT molecular complexity index is 648. The molecule has 0 fully saturated rings. The number of fused-ring (bicyclic) bond motifs is 1. The Hall–Kier alpha value is -2.33. The van der Waals surface area contributed by atoms with Crippen LogP contribution in [0.4, 0.5) is 5.69 Å². The Balaban J connectivity index is 2.00. The van der Waals surface area contributed by atoms with E-state index < -0.39 is 0 Å². The average molecular weight is 266 g/mol. The van der Waals surface area contributed by atoms with Crippen LogP contribution in [0.2, 0.25) is 0 Å². The van der Waals surface area contributed by atoms with Gasteiger partial charge in [-0.3, -0.25) is 0 Å². The van der Waals surface area contributed by atoms with E-state index >= 15 is 0 Å². The molecule has 4 nitrogen and oxygen atoms in total. The van der Waals surface area contributed by atoms with Crippen molar-refractivity contribution in [2.45, 2.75) is 12.6 Å². The Morgan fingerprint density at radius 2 is 1.80 bits per heavy atom. The minimum Gasteiger partial charge on any atom is -0.383 e. The van der Waals surface area contributed by atoms with E-state index in [0.717, 1.165) is 23.2 Å². The second-order valence-corrected chi connectivity index (χ2v) is 4.84. The van der Waals surface area contributed by atoms with Crippen LogP contribution in [0.1, 0.15) is 22.9 Å². The monoisotopic (exact) mass is 266 g/mol. The molecule has 0 aliphatic carbocycles. The zero-order chi connectivity index (χ0) is 13.9. The molecule has 0 spiro atoms. The maximum absolute atomic E-state index is 6.08. The van der Waals surface area contributed by atoms with Gasteiger partial charge in [-0.05, 0) is 36.2 Å². The molecule has 0 radical (unpaired) electrons. The number of nitrogens with one attached hydrogen (secondary N) is 1. The van der Waals surface area contributed by atoms with Gasteiger partial charge in [-0.1, -0.05) is 36.4 Å². The lowest BCUT2D eigenvalue weighted by molar-refractivity contribution is 0.800. The van der Waals surface area contributed by atoms with Gasteiger partial charge < -0.3 is 16.8 Å². The van der Waals surface area contributed by atoms with Gasteiger partial charge in [-0.15, -0.1) is 0 Å². The van der Waals surface area contributed by atoms with E-state index in [-0.39, 0.29) is 6.17 Å². The summed E-state index contributed by atoms with van der Waals surface area (Å²) in [4.78, 5) is 4.58. The molecule has 0 saturated carbocycles. The third kappa shape index (κ3) is 2.26. The smallest absolute Gasteiger partial charge is 0.147 e. The Morgan fingerprint density at radius 1 is 1.05 bits per heavy atom. The molecule has 1 unspecified atom stereocenters. The Morgan fingerprint density at radius 3 is 2.65 bits per heavy atom. The van der Waals surface area contributed by atoms with Crippen molar-refractivity contribution in [1.82, 2.24) is 0 Å². The maximum atomic E-state index is 6.08. The van der Waals surface area contributed by atoms with Crippen molar-refractivity contribution in [3.05, 3.63) is 65.2 Å². The zero-order valence-electron chi connectivity index (χ0n) is 11.2. The number of aliphatic imine (C=N–C) groups is 1. The van der Waals surface area contributed by atoms with Gasteiger partial charge in [-0.2, -0.15) is 0 Å². The summed E-state index contributed by atoms with van der Waals surface area (Å²) in [6.07, 6.45) is 0.693. The van der Waals surface area contributed by atoms with E-state index in [2.05, 4.69) is 22.4 Å². The van der Waals surface area contributed by atoms with Crippen LogP contribution in [-0.2, 0) is 6.42 Å².